The third-order valence-corrected chi connectivity index (χ3v) is 3.41. The van der Waals surface area contributed by atoms with Crippen LogP contribution >= 0.6 is 11.6 Å². The molecule has 0 saturated carbocycles. The molecule has 1 unspecified atom stereocenters. The van der Waals surface area contributed by atoms with Gasteiger partial charge in [-0.15, -0.1) is 0 Å². The number of carbonyl (C=O) groups excluding carboxylic acids is 3. The minimum absolute atomic E-state index is 0.00858. The number of piperazine rings is 1. The molecule has 1 aromatic rings. The molecule has 8 heteroatoms. The van der Waals surface area contributed by atoms with Crippen molar-refractivity contribution in [2.75, 3.05) is 24.1 Å². The summed E-state index contributed by atoms with van der Waals surface area (Å²) in [6, 6.07) is 4.18. The first-order valence-corrected chi connectivity index (χ1v) is 6.67. The Hall–Kier alpha value is -2.12. The molecule has 112 valence electrons. The Morgan fingerprint density at radius 1 is 1.52 bits per heavy atom. The van der Waals surface area contributed by atoms with Crippen molar-refractivity contribution >= 4 is 40.7 Å². The number of rotatable bonds is 3. The number of benzene rings is 1. The average Bonchev–Trinajstić information content (AvgIpc) is 2.39. The zero-order valence-corrected chi connectivity index (χ0v) is 12.1. The van der Waals surface area contributed by atoms with Crippen LogP contribution < -0.4 is 16.4 Å². The normalized spacial score (nSPS) is 19.2. The highest BCUT2D eigenvalue weighted by Gasteiger charge is 2.31. The lowest BCUT2D eigenvalue weighted by atomic mass is 10.2. The summed E-state index contributed by atoms with van der Waals surface area (Å²) in [5, 5.41) is 5.27. The van der Waals surface area contributed by atoms with Crippen LogP contribution in [-0.2, 0) is 14.4 Å². The molecule has 1 aliphatic heterocycles. The highest BCUT2D eigenvalue weighted by atomic mass is 35.5. The Labute approximate surface area is 126 Å². The number of hydrogen-bond donors (Lipinski definition) is 3. The van der Waals surface area contributed by atoms with Crippen molar-refractivity contribution < 1.29 is 14.4 Å². The van der Waals surface area contributed by atoms with Gasteiger partial charge in [0.25, 0.3) is 0 Å². The van der Waals surface area contributed by atoms with E-state index in [-0.39, 0.29) is 19.0 Å². The van der Waals surface area contributed by atoms with Crippen molar-refractivity contribution in [3.05, 3.63) is 23.2 Å². The molecule has 3 amide bonds. The van der Waals surface area contributed by atoms with E-state index in [1.54, 1.807) is 19.1 Å². The van der Waals surface area contributed by atoms with E-state index in [9.17, 15) is 14.4 Å². The number of nitrogens with two attached hydrogens (primary N) is 1. The zero-order chi connectivity index (χ0) is 15.6. The molecule has 1 atom stereocenters. The molecular formula is C13H15ClN4O3. The maximum Gasteiger partial charge on any atom is 0.243 e. The summed E-state index contributed by atoms with van der Waals surface area (Å²) >= 11 is 5.84. The van der Waals surface area contributed by atoms with Gasteiger partial charge in [0.2, 0.25) is 17.7 Å². The van der Waals surface area contributed by atoms with Crippen molar-refractivity contribution in [2.24, 2.45) is 0 Å². The molecular weight excluding hydrogens is 296 g/mol. The third-order valence-electron chi connectivity index (χ3n) is 3.17. The summed E-state index contributed by atoms with van der Waals surface area (Å²) in [6.07, 6.45) is 0. The Balaban J connectivity index is 2.02. The van der Waals surface area contributed by atoms with Crippen molar-refractivity contribution in [3.8, 4) is 0 Å². The van der Waals surface area contributed by atoms with Crippen LogP contribution in [0, 0.1) is 0 Å². The second kappa shape index (κ2) is 6.11. The molecule has 1 aliphatic rings. The fourth-order valence-corrected chi connectivity index (χ4v) is 2.14. The summed E-state index contributed by atoms with van der Waals surface area (Å²) in [6.45, 7) is 1.53. The number of nitrogens with one attached hydrogen (secondary N) is 2. The summed E-state index contributed by atoms with van der Waals surface area (Å²) in [7, 11) is 0. The molecule has 7 nitrogen and oxygen atoms in total. The van der Waals surface area contributed by atoms with Gasteiger partial charge in [-0.2, -0.15) is 0 Å². The van der Waals surface area contributed by atoms with Crippen LogP contribution in [0.15, 0.2) is 18.2 Å². The number of nitrogens with zero attached hydrogens (tertiary/aromatic N) is 1. The topological polar surface area (TPSA) is 105 Å². The maximum absolute atomic E-state index is 12.0. The second-order valence-corrected chi connectivity index (χ2v) is 5.21. The van der Waals surface area contributed by atoms with Crippen LogP contribution in [0.4, 0.5) is 11.4 Å². The van der Waals surface area contributed by atoms with Gasteiger partial charge >= 0.3 is 0 Å². The molecule has 0 radical (unpaired) electrons. The molecule has 21 heavy (non-hydrogen) atoms. The predicted molar refractivity (Wildman–Crippen MR) is 78.7 cm³/mol. The molecule has 0 aromatic heterocycles. The van der Waals surface area contributed by atoms with Crippen molar-refractivity contribution in [1.29, 1.82) is 0 Å². The third kappa shape index (κ3) is 3.71. The van der Waals surface area contributed by atoms with Crippen LogP contribution in [-0.4, -0.2) is 41.8 Å². The van der Waals surface area contributed by atoms with Gasteiger partial charge in [0.1, 0.15) is 0 Å². The van der Waals surface area contributed by atoms with E-state index in [2.05, 4.69) is 10.6 Å². The fourth-order valence-electron chi connectivity index (χ4n) is 1.97. The molecule has 2 rings (SSSR count). The molecule has 4 N–H and O–H groups in total. The van der Waals surface area contributed by atoms with E-state index in [4.69, 9.17) is 17.3 Å². The van der Waals surface area contributed by atoms with Gasteiger partial charge in [0.05, 0.1) is 30.5 Å². The van der Waals surface area contributed by atoms with Crippen molar-refractivity contribution in [2.45, 2.75) is 13.0 Å². The quantitative estimate of drug-likeness (QED) is 0.547. The van der Waals surface area contributed by atoms with Crippen LogP contribution in [0.2, 0.25) is 5.02 Å². The highest BCUT2D eigenvalue weighted by molar-refractivity contribution is 6.31. The Morgan fingerprint density at radius 3 is 2.95 bits per heavy atom. The first kappa shape index (κ1) is 15.3. The van der Waals surface area contributed by atoms with E-state index in [0.29, 0.717) is 16.4 Å². The number of halogens is 1. The van der Waals surface area contributed by atoms with E-state index in [0.717, 1.165) is 0 Å². The largest absolute Gasteiger partial charge is 0.397 e. The summed E-state index contributed by atoms with van der Waals surface area (Å²) in [5.74, 6) is -1.21. The van der Waals surface area contributed by atoms with E-state index in [1.165, 1.54) is 11.0 Å². The Morgan fingerprint density at radius 2 is 2.24 bits per heavy atom. The van der Waals surface area contributed by atoms with Gasteiger partial charge in [-0.05, 0) is 25.1 Å². The van der Waals surface area contributed by atoms with E-state index in [1.807, 2.05) is 0 Å². The molecule has 1 aromatic carbocycles. The minimum atomic E-state index is -0.551. The first-order valence-electron chi connectivity index (χ1n) is 6.29. The molecule has 0 aliphatic carbocycles. The monoisotopic (exact) mass is 310 g/mol. The van der Waals surface area contributed by atoms with Crippen LogP contribution in [0.25, 0.3) is 0 Å². The number of nitrogen functional groups attached to an aromatic ring is 1. The summed E-state index contributed by atoms with van der Waals surface area (Å²) in [5.41, 5.74) is 6.52. The van der Waals surface area contributed by atoms with Gasteiger partial charge < -0.3 is 11.1 Å². The van der Waals surface area contributed by atoms with Gasteiger partial charge in [-0.3, -0.25) is 24.6 Å². The van der Waals surface area contributed by atoms with Crippen LogP contribution in [0.5, 0.6) is 0 Å². The van der Waals surface area contributed by atoms with Gasteiger partial charge in [0, 0.05) is 5.02 Å². The Kier molecular flexibility index (Phi) is 4.44. The molecule has 0 spiro atoms. The van der Waals surface area contributed by atoms with Crippen molar-refractivity contribution in [3.63, 3.8) is 0 Å². The van der Waals surface area contributed by atoms with Crippen LogP contribution in [0.3, 0.4) is 0 Å². The first-order chi connectivity index (χ1) is 9.86. The molecule has 1 fully saturated rings. The Bertz CT molecular complexity index is 605. The lowest BCUT2D eigenvalue weighted by Crippen LogP contribution is -2.58. The van der Waals surface area contributed by atoms with Gasteiger partial charge in [-0.1, -0.05) is 11.6 Å². The number of carbonyl (C=O) groups is 3. The summed E-state index contributed by atoms with van der Waals surface area (Å²) < 4.78 is 0. The number of anilines is 2. The average molecular weight is 311 g/mol. The number of hydrogen-bond acceptors (Lipinski definition) is 5. The predicted octanol–water partition coefficient (Wildman–Crippen LogP) is 0.208. The van der Waals surface area contributed by atoms with Gasteiger partial charge in [0.15, 0.2) is 0 Å². The summed E-state index contributed by atoms with van der Waals surface area (Å²) in [4.78, 5) is 36.3. The minimum Gasteiger partial charge on any atom is -0.397 e. The smallest absolute Gasteiger partial charge is 0.243 e. The standard InChI is InChI=1S/C13H15ClN4O3/c1-7-13(21)17-12(20)6-18(7)5-11(19)16-10-4-8(14)2-3-9(10)15/h2-4,7H,5-6,15H2,1H3,(H,16,19)(H,17,20,21). The zero-order valence-electron chi connectivity index (χ0n) is 11.4. The van der Waals surface area contributed by atoms with Crippen molar-refractivity contribution in [1.82, 2.24) is 10.2 Å². The van der Waals surface area contributed by atoms with E-state index >= 15 is 0 Å². The second-order valence-electron chi connectivity index (χ2n) is 4.77. The number of imide groups is 1. The van der Waals surface area contributed by atoms with Gasteiger partial charge in [-0.25, -0.2) is 0 Å². The fraction of sp³-hybridized carbons (Fsp3) is 0.308. The maximum atomic E-state index is 12.0. The molecule has 1 saturated heterocycles. The van der Waals surface area contributed by atoms with E-state index < -0.39 is 17.9 Å². The molecule has 0 bridgehead atoms. The SMILES string of the molecule is CC1C(=O)NC(=O)CN1CC(=O)Nc1cc(Cl)ccc1N. The number of amides is 3. The van der Waals surface area contributed by atoms with Crippen LogP contribution in [0.1, 0.15) is 6.92 Å². The highest BCUT2D eigenvalue weighted by Crippen LogP contribution is 2.22. The lowest BCUT2D eigenvalue weighted by Gasteiger charge is -2.30. The molecule has 1 heterocycles. The lowest BCUT2D eigenvalue weighted by molar-refractivity contribution is -0.140.